The first-order valence-corrected chi connectivity index (χ1v) is 7.14. The molecule has 0 amide bonds. The molecule has 2 fully saturated rings. The van der Waals surface area contributed by atoms with E-state index in [1.165, 1.54) is 25.7 Å². The molecular formula is C14H28N2. The van der Waals surface area contributed by atoms with Gasteiger partial charge in [0.1, 0.15) is 0 Å². The second-order valence-electron chi connectivity index (χ2n) is 6.04. The van der Waals surface area contributed by atoms with Crippen LogP contribution < -0.4 is 5.32 Å². The summed E-state index contributed by atoms with van der Waals surface area (Å²) in [6.07, 6.45) is 5.62. The molecule has 3 unspecified atom stereocenters. The Kier molecular flexibility index (Phi) is 3.91. The van der Waals surface area contributed by atoms with Gasteiger partial charge in [0, 0.05) is 24.2 Å². The molecule has 2 aliphatic rings. The Morgan fingerprint density at radius 1 is 1.12 bits per heavy atom. The molecule has 3 atom stereocenters. The predicted molar refractivity (Wildman–Crippen MR) is 69.6 cm³/mol. The Labute approximate surface area is 101 Å². The third-order valence-electron chi connectivity index (χ3n) is 4.72. The number of nitrogens with one attached hydrogen (secondary N) is 1. The smallest absolute Gasteiger partial charge is 0.0116 e. The van der Waals surface area contributed by atoms with Gasteiger partial charge in [-0.25, -0.2) is 0 Å². The van der Waals surface area contributed by atoms with E-state index >= 15 is 0 Å². The molecule has 0 radical (unpaired) electrons. The molecule has 2 saturated heterocycles. The standard InChI is InChI=1S/C14H28N2/c1-5-15-12-8-13-6-7-14(9-12)16(13)11(4)10(2)3/h10-15H,5-9H2,1-4H3. The lowest BCUT2D eigenvalue weighted by molar-refractivity contribution is 0.0571. The lowest BCUT2D eigenvalue weighted by Gasteiger charge is -2.44. The molecular weight excluding hydrogens is 196 g/mol. The summed E-state index contributed by atoms with van der Waals surface area (Å²) in [5.74, 6) is 0.791. The van der Waals surface area contributed by atoms with E-state index in [2.05, 4.69) is 37.9 Å². The maximum Gasteiger partial charge on any atom is 0.0116 e. The van der Waals surface area contributed by atoms with Crippen LogP contribution in [-0.4, -0.2) is 35.6 Å². The van der Waals surface area contributed by atoms with Crippen molar-refractivity contribution in [3.63, 3.8) is 0 Å². The molecule has 1 N–H and O–H groups in total. The minimum Gasteiger partial charge on any atom is -0.314 e. The zero-order valence-electron chi connectivity index (χ0n) is 11.4. The molecule has 2 nitrogen and oxygen atoms in total. The number of nitrogens with zero attached hydrogens (tertiary/aromatic N) is 1. The molecule has 2 aliphatic heterocycles. The highest BCUT2D eigenvalue weighted by molar-refractivity contribution is 4.99. The fourth-order valence-electron chi connectivity index (χ4n) is 3.68. The van der Waals surface area contributed by atoms with Crippen molar-refractivity contribution in [3.8, 4) is 0 Å². The van der Waals surface area contributed by atoms with Crippen molar-refractivity contribution in [2.45, 2.75) is 77.5 Å². The second-order valence-corrected chi connectivity index (χ2v) is 6.04. The van der Waals surface area contributed by atoms with Crippen LogP contribution in [0.3, 0.4) is 0 Å². The summed E-state index contributed by atoms with van der Waals surface area (Å²) >= 11 is 0. The second kappa shape index (κ2) is 5.05. The van der Waals surface area contributed by atoms with Crippen LogP contribution in [0.1, 0.15) is 53.4 Å². The third kappa shape index (κ3) is 2.28. The van der Waals surface area contributed by atoms with Crippen LogP contribution in [0.15, 0.2) is 0 Å². The Hall–Kier alpha value is -0.0800. The molecule has 0 aromatic rings. The first-order valence-electron chi connectivity index (χ1n) is 7.14. The van der Waals surface area contributed by atoms with Crippen molar-refractivity contribution < 1.29 is 0 Å². The summed E-state index contributed by atoms with van der Waals surface area (Å²) < 4.78 is 0. The largest absolute Gasteiger partial charge is 0.314 e. The highest BCUT2D eigenvalue weighted by Crippen LogP contribution is 2.38. The maximum atomic E-state index is 3.65. The molecule has 2 heteroatoms. The summed E-state index contributed by atoms with van der Waals surface area (Å²) in [4.78, 5) is 2.83. The topological polar surface area (TPSA) is 15.3 Å². The minimum absolute atomic E-state index is 0.764. The summed E-state index contributed by atoms with van der Waals surface area (Å²) in [5, 5.41) is 3.65. The van der Waals surface area contributed by atoms with Crippen LogP contribution in [0.2, 0.25) is 0 Å². The van der Waals surface area contributed by atoms with E-state index in [4.69, 9.17) is 0 Å². The molecule has 0 spiro atoms. The average molecular weight is 224 g/mol. The van der Waals surface area contributed by atoms with Crippen LogP contribution in [0.5, 0.6) is 0 Å². The normalized spacial score (nSPS) is 36.9. The monoisotopic (exact) mass is 224 g/mol. The highest BCUT2D eigenvalue weighted by atomic mass is 15.3. The van der Waals surface area contributed by atoms with Gasteiger partial charge in [-0.15, -0.1) is 0 Å². The maximum absolute atomic E-state index is 3.65. The van der Waals surface area contributed by atoms with Gasteiger partial charge in [0.15, 0.2) is 0 Å². The summed E-state index contributed by atoms with van der Waals surface area (Å²) in [6, 6.07) is 3.28. The van der Waals surface area contributed by atoms with Crippen LogP contribution in [-0.2, 0) is 0 Å². The molecule has 0 saturated carbocycles. The minimum atomic E-state index is 0.764. The van der Waals surface area contributed by atoms with E-state index in [-0.39, 0.29) is 0 Å². The SMILES string of the molecule is CCNC1CC2CCC(C1)N2C(C)C(C)C. The van der Waals surface area contributed by atoms with Crippen molar-refractivity contribution in [2.24, 2.45) is 5.92 Å². The first kappa shape index (κ1) is 12.4. The van der Waals surface area contributed by atoms with E-state index in [1.807, 2.05) is 0 Å². The van der Waals surface area contributed by atoms with Crippen molar-refractivity contribution in [1.82, 2.24) is 10.2 Å². The van der Waals surface area contributed by atoms with E-state index in [0.717, 1.165) is 36.6 Å². The van der Waals surface area contributed by atoms with Crippen molar-refractivity contribution in [1.29, 1.82) is 0 Å². The van der Waals surface area contributed by atoms with Crippen LogP contribution in [0.4, 0.5) is 0 Å². The average Bonchev–Trinajstić information content (AvgIpc) is 2.49. The molecule has 0 aliphatic carbocycles. The first-order chi connectivity index (χ1) is 7.63. The van der Waals surface area contributed by atoms with E-state index < -0.39 is 0 Å². The molecule has 2 bridgehead atoms. The lowest BCUT2D eigenvalue weighted by atomic mass is 9.92. The predicted octanol–water partition coefficient (Wildman–Crippen LogP) is 2.64. The van der Waals surface area contributed by atoms with E-state index in [9.17, 15) is 0 Å². The fraction of sp³-hybridized carbons (Fsp3) is 1.00. The summed E-state index contributed by atoms with van der Waals surface area (Å²) in [7, 11) is 0. The van der Waals surface area contributed by atoms with Gasteiger partial charge in [0.25, 0.3) is 0 Å². The third-order valence-corrected chi connectivity index (χ3v) is 4.72. The number of piperidine rings is 1. The van der Waals surface area contributed by atoms with Crippen LogP contribution in [0, 0.1) is 5.92 Å². The zero-order chi connectivity index (χ0) is 11.7. The zero-order valence-corrected chi connectivity index (χ0v) is 11.4. The van der Waals surface area contributed by atoms with Gasteiger partial charge in [-0.05, 0) is 45.1 Å². The Balaban J connectivity index is 1.99. The molecule has 0 aromatic carbocycles. The quantitative estimate of drug-likeness (QED) is 0.790. The van der Waals surface area contributed by atoms with Crippen LogP contribution in [0.25, 0.3) is 0 Å². The number of hydrogen-bond acceptors (Lipinski definition) is 2. The van der Waals surface area contributed by atoms with Gasteiger partial charge in [0.05, 0.1) is 0 Å². The molecule has 2 heterocycles. The van der Waals surface area contributed by atoms with Crippen LogP contribution >= 0.6 is 0 Å². The van der Waals surface area contributed by atoms with Crippen molar-refractivity contribution in [2.75, 3.05) is 6.54 Å². The Morgan fingerprint density at radius 3 is 2.12 bits per heavy atom. The Morgan fingerprint density at radius 2 is 1.69 bits per heavy atom. The fourth-order valence-corrected chi connectivity index (χ4v) is 3.68. The van der Waals surface area contributed by atoms with Gasteiger partial charge in [-0.3, -0.25) is 4.90 Å². The number of hydrogen-bond donors (Lipinski definition) is 1. The lowest BCUT2D eigenvalue weighted by Crippen LogP contribution is -2.53. The van der Waals surface area contributed by atoms with E-state index in [0.29, 0.717) is 0 Å². The molecule has 0 aromatic heterocycles. The molecule has 2 rings (SSSR count). The summed E-state index contributed by atoms with van der Waals surface area (Å²) in [5.41, 5.74) is 0. The number of rotatable bonds is 4. The van der Waals surface area contributed by atoms with Gasteiger partial charge in [-0.2, -0.15) is 0 Å². The number of fused-ring (bicyclic) bond motifs is 2. The van der Waals surface area contributed by atoms with Gasteiger partial charge in [0.2, 0.25) is 0 Å². The van der Waals surface area contributed by atoms with Gasteiger partial charge >= 0.3 is 0 Å². The van der Waals surface area contributed by atoms with Crippen molar-refractivity contribution >= 4 is 0 Å². The molecule has 16 heavy (non-hydrogen) atoms. The highest BCUT2D eigenvalue weighted by Gasteiger charge is 2.42. The van der Waals surface area contributed by atoms with Gasteiger partial charge in [-0.1, -0.05) is 20.8 Å². The van der Waals surface area contributed by atoms with E-state index in [1.54, 1.807) is 0 Å². The summed E-state index contributed by atoms with van der Waals surface area (Å²) in [6.45, 7) is 10.5. The van der Waals surface area contributed by atoms with Gasteiger partial charge < -0.3 is 5.32 Å². The van der Waals surface area contributed by atoms with Crippen molar-refractivity contribution in [3.05, 3.63) is 0 Å². The molecule has 94 valence electrons. The Bertz CT molecular complexity index is 213.